The van der Waals surface area contributed by atoms with E-state index in [2.05, 4.69) is 16.0 Å². The summed E-state index contributed by atoms with van der Waals surface area (Å²) >= 11 is 1.70. The van der Waals surface area contributed by atoms with Gasteiger partial charge in [0, 0.05) is 13.1 Å². The third kappa shape index (κ3) is 2.91. The summed E-state index contributed by atoms with van der Waals surface area (Å²) in [5.74, 6) is -0.904. The van der Waals surface area contributed by atoms with Crippen LogP contribution in [-0.4, -0.2) is 41.9 Å². The van der Waals surface area contributed by atoms with Gasteiger partial charge in [-0.15, -0.1) is 0 Å². The van der Waals surface area contributed by atoms with Crippen LogP contribution in [0.15, 0.2) is 24.3 Å². The Kier molecular flexibility index (Phi) is 3.84. The third-order valence-electron chi connectivity index (χ3n) is 3.44. The first kappa shape index (κ1) is 13.3. The van der Waals surface area contributed by atoms with E-state index in [9.17, 15) is 4.79 Å². The lowest BCUT2D eigenvalue weighted by molar-refractivity contribution is -0.144. The second kappa shape index (κ2) is 5.76. The molecule has 106 valence electrons. The Morgan fingerprint density at radius 2 is 2.15 bits per heavy atom. The fourth-order valence-corrected chi connectivity index (χ4v) is 3.42. The molecule has 3 rings (SSSR count). The SMILES string of the molecule is O=C(O)COC1CCN(c2nc3ccccc3s2)CC1. The molecule has 1 aliphatic rings. The maximum absolute atomic E-state index is 10.5. The highest BCUT2D eigenvalue weighted by molar-refractivity contribution is 7.22. The van der Waals surface area contributed by atoms with Crippen LogP contribution in [0.2, 0.25) is 0 Å². The summed E-state index contributed by atoms with van der Waals surface area (Å²) in [7, 11) is 0. The molecular formula is C14H16N2O3S. The van der Waals surface area contributed by atoms with Crippen molar-refractivity contribution in [2.24, 2.45) is 0 Å². The van der Waals surface area contributed by atoms with Gasteiger partial charge >= 0.3 is 5.97 Å². The van der Waals surface area contributed by atoms with Gasteiger partial charge in [-0.2, -0.15) is 0 Å². The lowest BCUT2D eigenvalue weighted by atomic mass is 10.1. The van der Waals surface area contributed by atoms with Gasteiger partial charge in [-0.1, -0.05) is 23.5 Å². The number of benzene rings is 1. The molecule has 6 heteroatoms. The van der Waals surface area contributed by atoms with Crippen molar-refractivity contribution in [1.82, 2.24) is 4.98 Å². The van der Waals surface area contributed by atoms with Crippen LogP contribution in [0.3, 0.4) is 0 Å². The van der Waals surface area contributed by atoms with Gasteiger partial charge in [0.1, 0.15) is 6.61 Å². The molecule has 1 aromatic heterocycles. The zero-order valence-electron chi connectivity index (χ0n) is 11.0. The van der Waals surface area contributed by atoms with Crippen molar-refractivity contribution in [3.63, 3.8) is 0 Å². The van der Waals surface area contributed by atoms with E-state index in [1.807, 2.05) is 18.2 Å². The number of rotatable bonds is 4. The molecule has 0 aliphatic carbocycles. The van der Waals surface area contributed by atoms with Gasteiger partial charge in [0.15, 0.2) is 5.13 Å². The number of thiazole rings is 1. The number of carboxylic acids is 1. The highest BCUT2D eigenvalue weighted by Gasteiger charge is 2.22. The normalized spacial score (nSPS) is 16.7. The molecular weight excluding hydrogens is 276 g/mol. The van der Waals surface area contributed by atoms with E-state index in [0.717, 1.165) is 36.6 Å². The molecule has 1 N–H and O–H groups in total. The van der Waals surface area contributed by atoms with Gasteiger partial charge < -0.3 is 14.7 Å². The van der Waals surface area contributed by atoms with Crippen LogP contribution in [0.25, 0.3) is 10.2 Å². The van der Waals surface area contributed by atoms with E-state index >= 15 is 0 Å². The van der Waals surface area contributed by atoms with Crippen LogP contribution >= 0.6 is 11.3 Å². The van der Waals surface area contributed by atoms with Crippen LogP contribution in [0, 0.1) is 0 Å². The minimum Gasteiger partial charge on any atom is -0.480 e. The van der Waals surface area contributed by atoms with E-state index in [1.54, 1.807) is 11.3 Å². The smallest absolute Gasteiger partial charge is 0.329 e. The fourth-order valence-electron chi connectivity index (χ4n) is 2.40. The molecule has 0 amide bonds. The molecule has 1 fully saturated rings. The topological polar surface area (TPSA) is 62.7 Å². The number of aromatic nitrogens is 1. The summed E-state index contributed by atoms with van der Waals surface area (Å²) in [6.07, 6.45) is 1.75. The number of carbonyl (C=O) groups is 1. The van der Waals surface area contributed by atoms with Crippen LogP contribution in [0.4, 0.5) is 5.13 Å². The highest BCUT2D eigenvalue weighted by Crippen LogP contribution is 2.30. The Bertz CT molecular complexity index is 572. The largest absolute Gasteiger partial charge is 0.480 e. The molecule has 0 radical (unpaired) electrons. The number of anilines is 1. The predicted molar refractivity (Wildman–Crippen MR) is 78.4 cm³/mol. The number of carboxylic acid groups (broad SMARTS) is 1. The molecule has 0 unspecified atom stereocenters. The second-order valence-corrected chi connectivity index (χ2v) is 5.86. The van der Waals surface area contributed by atoms with Crippen molar-refractivity contribution in [3.05, 3.63) is 24.3 Å². The van der Waals surface area contributed by atoms with E-state index < -0.39 is 5.97 Å². The molecule has 5 nitrogen and oxygen atoms in total. The Balaban J connectivity index is 1.61. The number of piperidine rings is 1. The first-order chi connectivity index (χ1) is 9.72. The lowest BCUT2D eigenvalue weighted by Gasteiger charge is -2.31. The summed E-state index contributed by atoms with van der Waals surface area (Å²) in [4.78, 5) is 17.4. The first-order valence-electron chi connectivity index (χ1n) is 6.66. The number of fused-ring (bicyclic) bond motifs is 1. The minimum atomic E-state index is -0.904. The van der Waals surface area contributed by atoms with Gasteiger partial charge in [0.05, 0.1) is 16.3 Å². The first-order valence-corrected chi connectivity index (χ1v) is 7.48. The molecule has 1 saturated heterocycles. The zero-order valence-corrected chi connectivity index (χ0v) is 11.8. The van der Waals surface area contributed by atoms with E-state index in [4.69, 9.17) is 9.84 Å². The number of hydrogen-bond acceptors (Lipinski definition) is 5. The van der Waals surface area contributed by atoms with E-state index in [1.165, 1.54) is 4.70 Å². The van der Waals surface area contributed by atoms with E-state index in [0.29, 0.717) is 0 Å². The number of nitrogens with zero attached hydrogens (tertiary/aromatic N) is 2. The minimum absolute atomic E-state index is 0.0525. The summed E-state index contributed by atoms with van der Waals surface area (Å²) in [5, 5.41) is 9.66. The number of ether oxygens (including phenoxy) is 1. The van der Waals surface area contributed by atoms with Crippen molar-refractivity contribution >= 4 is 32.7 Å². The van der Waals surface area contributed by atoms with Gasteiger partial charge in [-0.3, -0.25) is 0 Å². The summed E-state index contributed by atoms with van der Waals surface area (Å²) in [6, 6.07) is 8.13. The zero-order chi connectivity index (χ0) is 13.9. The molecule has 0 saturated carbocycles. The molecule has 20 heavy (non-hydrogen) atoms. The highest BCUT2D eigenvalue weighted by atomic mass is 32.1. The monoisotopic (exact) mass is 292 g/mol. The molecule has 2 aromatic rings. The van der Waals surface area contributed by atoms with Gasteiger partial charge in [0.2, 0.25) is 0 Å². The Morgan fingerprint density at radius 1 is 1.40 bits per heavy atom. The molecule has 1 aliphatic heterocycles. The van der Waals surface area contributed by atoms with Gasteiger partial charge in [0.25, 0.3) is 0 Å². The van der Waals surface area contributed by atoms with E-state index in [-0.39, 0.29) is 12.7 Å². The average molecular weight is 292 g/mol. The van der Waals surface area contributed by atoms with Gasteiger partial charge in [-0.05, 0) is 25.0 Å². The van der Waals surface area contributed by atoms with Crippen LogP contribution in [0.1, 0.15) is 12.8 Å². The third-order valence-corrected chi connectivity index (χ3v) is 4.53. The lowest BCUT2D eigenvalue weighted by Crippen LogP contribution is -2.37. The van der Waals surface area contributed by atoms with Crippen molar-refractivity contribution < 1.29 is 14.6 Å². The molecule has 2 heterocycles. The quantitative estimate of drug-likeness (QED) is 0.937. The number of para-hydroxylation sites is 1. The Morgan fingerprint density at radius 3 is 2.85 bits per heavy atom. The predicted octanol–water partition coefficient (Wildman–Crippen LogP) is 2.37. The van der Waals surface area contributed by atoms with Crippen LogP contribution in [-0.2, 0) is 9.53 Å². The second-order valence-electron chi connectivity index (χ2n) is 4.86. The average Bonchev–Trinajstić information content (AvgIpc) is 2.89. The molecule has 0 bridgehead atoms. The maximum Gasteiger partial charge on any atom is 0.329 e. The Labute approximate surface area is 120 Å². The summed E-state index contributed by atoms with van der Waals surface area (Å²) in [5.41, 5.74) is 1.04. The van der Waals surface area contributed by atoms with Crippen molar-refractivity contribution in [3.8, 4) is 0 Å². The van der Waals surface area contributed by atoms with Crippen LogP contribution < -0.4 is 4.90 Å². The van der Waals surface area contributed by atoms with Crippen molar-refractivity contribution in [1.29, 1.82) is 0 Å². The Hall–Kier alpha value is -1.66. The van der Waals surface area contributed by atoms with Crippen molar-refractivity contribution in [2.45, 2.75) is 18.9 Å². The molecule has 1 aromatic carbocycles. The summed E-state index contributed by atoms with van der Waals surface area (Å²) < 4.78 is 6.54. The number of hydrogen-bond donors (Lipinski definition) is 1. The van der Waals surface area contributed by atoms with Crippen molar-refractivity contribution in [2.75, 3.05) is 24.6 Å². The number of aliphatic carboxylic acids is 1. The molecule has 0 atom stereocenters. The standard InChI is InChI=1S/C14H16N2O3S/c17-13(18)9-19-10-5-7-16(8-6-10)14-15-11-3-1-2-4-12(11)20-14/h1-4,10H,5-9H2,(H,17,18). The molecule has 0 spiro atoms. The fraction of sp³-hybridized carbons (Fsp3) is 0.429. The summed E-state index contributed by atoms with van der Waals surface area (Å²) in [6.45, 7) is 1.53. The maximum atomic E-state index is 10.5. The van der Waals surface area contributed by atoms with Gasteiger partial charge in [-0.25, -0.2) is 9.78 Å². The van der Waals surface area contributed by atoms with Crippen LogP contribution in [0.5, 0.6) is 0 Å².